The fraction of sp³-hybridized carbons (Fsp3) is 0.364. The lowest BCUT2D eigenvalue weighted by Gasteiger charge is -2.07. The Morgan fingerprint density at radius 3 is 3.14 bits per heavy atom. The summed E-state index contributed by atoms with van der Waals surface area (Å²) in [6.07, 6.45) is 1.25. The van der Waals surface area contributed by atoms with Crippen LogP contribution in [-0.4, -0.2) is 11.8 Å². The van der Waals surface area contributed by atoms with E-state index in [2.05, 4.69) is 5.32 Å². The van der Waals surface area contributed by atoms with Crippen molar-refractivity contribution in [2.75, 3.05) is 5.32 Å². The number of hydrogen-bond donors (Lipinski definition) is 1. The van der Waals surface area contributed by atoms with Gasteiger partial charge in [-0.3, -0.25) is 4.79 Å². The van der Waals surface area contributed by atoms with Crippen molar-refractivity contribution < 1.29 is 9.18 Å². The van der Waals surface area contributed by atoms with Gasteiger partial charge in [0.05, 0.1) is 0 Å². The summed E-state index contributed by atoms with van der Waals surface area (Å²) in [5, 5.41) is 3.21. The number of anilines is 1. The maximum Gasteiger partial charge on any atom is 0.131 e. The number of carbonyl (C=O) groups excluding carboxylic acids is 1. The summed E-state index contributed by atoms with van der Waals surface area (Å²) in [6.45, 7) is 1.57. The van der Waals surface area contributed by atoms with Crippen molar-refractivity contribution in [3.05, 3.63) is 29.6 Å². The minimum atomic E-state index is -0.214. The van der Waals surface area contributed by atoms with E-state index in [0.717, 1.165) is 17.7 Å². The minimum Gasteiger partial charge on any atom is -0.381 e. The first kappa shape index (κ1) is 9.19. The van der Waals surface area contributed by atoms with Gasteiger partial charge in [0.25, 0.3) is 0 Å². The molecule has 1 aromatic rings. The Labute approximate surface area is 82.1 Å². The molecular formula is C11H12FNO. The van der Waals surface area contributed by atoms with Crippen molar-refractivity contribution in [2.24, 2.45) is 0 Å². The summed E-state index contributed by atoms with van der Waals surface area (Å²) < 4.78 is 12.9. The molecule has 0 fully saturated rings. The number of ketones is 1. The van der Waals surface area contributed by atoms with Gasteiger partial charge < -0.3 is 5.32 Å². The second-order valence-electron chi connectivity index (χ2n) is 3.75. The largest absolute Gasteiger partial charge is 0.381 e. The van der Waals surface area contributed by atoms with Gasteiger partial charge in [-0.1, -0.05) is 0 Å². The number of rotatable bonds is 2. The molecular weight excluding hydrogens is 181 g/mol. The number of benzene rings is 1. The molecule has 0 saturated heterocycles. The molecule has 0 saturated carbocycles. The Morgan fingerprint density at radius 2 is 2.43 bits per heavy atom. The maximum atomic E-state index is 12.9. The third-order valence-corrected chi connectivity index (χ3v) is 2.43. The van der Waals surface area contributed by atoms with Crippen LogP contribution in [0.3, 0.4) is 0 Å². The van der Waals surface area contributed by atoms with Gasteiger partial charge in [-0.15, -0.1) is 0 Å². The van der Waals surface area contributed by atoms with Crippen LogP contribution in [0.1, 0.15) is 18.9 Å². The summed E-state index contributed by atoms with van der Waals surface area (Å²) in [5.41, 5.74) is 1.92. The summed E-state index contributed by atoms with van der Waals surface area (Å²) >= 11 is 0. The minimum absolute atomic E-state index is 0.143. The third kappa shape index (κ3) is 1.76. The van der Waals surface area contributed by atoms with Crippen LogP contribution in [0.25, 0.3) is 0 Å². The van der Waals surface area contributed by atoms with Crippen LogP contribution in [0, 0.1) is 5.82 Å². The van der Waals surface area contributed by atoms with E-state index in [1.807, 2.05) is 0 Å². The highest BCUT2D eigenvalue weighted by Crippen LogP contribution is 2.27. The van der Waals surface area contributed by atoms with E-state index in [1.54, 1.807) is 13.0 Å². The lowest BCUT2D eigenvalue weighted by molar-refractivity contribution is -0.117. The summed E-state index contributed by atoms with van der Waals surface area (Å²) in [4.78, 5) is 10.9. The lowest BCUT2D eigenvalue weighted by Crippen LogP contribution is -2.18. The van der Waals surface area contributed by atoms with Crippen LogP contribution >= 0.6 is 0 Å². The highest BCUT2D eigenvalue weighted by atomic mass is 19.1. The second-order valence-corrected chi connectivity index (χ2v) is 3.75. The highest BCUT2D eigenvalue weighted by Gasteiger charge is 2.21. The van der Waals surface area contributed by atoms with Gasteiger partial charge in [0, 0.05) is 18.2 Å². The predicted molar refractivity (Wildman–Crippen MR) is 52.8 cm³/mol. The van der Waals surface area contributed by atoms with Crippen molar-refractivity contribution in [1.82, 2.24) is 0 Å². The summed E-state index contributed by atoms with van der Waals surface area (Å²) in [6, 6.07) is 4.83. The van der Waals surface area contributed by atoms with Gasteiger partial charge >= 0.3 is 0 Å². The topological polar surface area (TPSA) is 29.1 Å². The van der Waals surface area contributed by atoms with Crippen molar-refractivity contribution >= 4 is 11.5 Å². The number of fused-ring (bicyclic) bond motifs is 1. The molecule has 0 amide bonds. The Balaban J connectivity index is 2.14. The van der Waals surface area contributed by atoms with E-state index in [9.17, 15) is 9.18 Å². The molecule has 2 nitrogen and oxygen atoms in total. The van der Waals surface area contributed by atoms with Gasteiger partial charge in [0.15, 0.2) is 0 Å². The van der Waals surface area contributed by atoms with Gasteiger partial charge in [-0.25, -0.2) is 4.39 Å². The molecule has 2 rings (SSSR count). The van der Waals surface area contributed by atoms with E-state index < -0.39 is 0 Å². The zero-order valence-corrected chi connectivity index (χ0v) is 8.01. The first-order valence-corrected chi connectivity index (χ1v) is 4.69. The molecule has 1 unspecified atom stereocenters. The molecule has 0 spiro atoms. The molecule has 1 N–H and O–H groups in total. The zero-order chi connectivity index (χ0) is 10.1. The molecule has 14 heavy (non-hydrogen) atoms. The Hall–Kier alpha value is -1.38. The van der Waals surface area contributed by atoms with E-state index in [4.69, 9.17) is 0 Å². The number of hydrogen-bond acceptors (Lipinski definition) is 2. The Morgan fingerprint density at radius 1 is 1.64 bits per heavy atom. The van der Waals surface area contributed by atoms with Gasteiger partial charge in [-0.05, 0) is 37.1 Å². The van der Waals surface area contributed by atoms with Gasteiger partial charge in [0.2, 0.25) is 0 Å². The molecule has 74 valence electrons. The van der Waals surface area contributed by atoms with Crippen molar-refractivity contribution in [3.8, 4) is 0 Å². The van der Waals surface area contributed by atoms with Crippen LogP contribution in [0.15, 0.2) is 18.2 Å². The van der Waals surface area contributed by atoms with Crippen molar-refractivity contribution in [2.45, 2.75) is 25.8 Å². The van der Waals surface area contributed by atoms with Crippen LogP contribution < -0.4 is 5.32 Å². The van der Waals surface area contributed by atoms with Crippen LogP contribution in [0.4, 0.5) is 10.1 Å². The Bertz CT molecular complexity index is 376. The van der Waals surface area contributed by atoms with Crippen molar-refractivity contribution in [1.29, 1.82) is 0 Å². The van der Waals surface area contributed by atoms with Gasteiger partial charge in [0.1, 0.15) is 11.6 Å². The first-order valence-electron chi connectivity index (χ1n) is 4.69. The zero-order valence-electron chi connectivity index (χ0n) is 8.01. The predicted octanol–water partition coefficient (Wildman–Crippen LogP) is 2.14. The molecule has 1 heterocycles. The SMILES string of the molecule is CC(=O)CC1Cc2cc(F)ccc2N1. The van der Waals surface area contributed by atoms with E-state index >= 15 is 0 Å². The number of carbonyl (C=O) groups is 1. The number of nitrogens with one attached hydrogen (secondary N) is 1. The average Bonchev–Trinajstić information content (AvgIpc) is 2.44. The normalized spacial score (nSPS) is 18.9. The average molecular weight is 193 g/mol. The first-order chi connectivity index (χ1) is 6.65. The molecule has 0 bridgehead atoms. The molecule has 1 aliphatic heterocycles. The molecule has 1 aliphatic rings. The highest BCUT2D eigenvalue weighted by molar-refractivity contribution is 5.77. The fourth-order valence-electron chi connectivity index (χ4n) is 1.88. The molecule has 0 aromatic heterocycles. The van der Waals surface area contributed by atoms with Gasteiger partial charge in [-0.2, -0.15) is 0 Å². The summed E-state index contributed by atoms with van der Waals surface area (Å²) in [5.74, 6) is -0.0511. The van der Waals surface area contributed by atoms with Crippen LogP contribution in [0.2, 0.25) is 0 Å². The maximum absolute atomic E-state index is 12.9. The van der Waals surface area contributed by atoms with E-state index in [-0.39, 0.29) is 17.6 Å². The molecule has 3 heteroatoms. The summed E-state index contributed by atoms with van der Waals surface area (Å²) in [7, 11) is 0. The molecule has 0 radical (unpaired) electrons. The molecule has 1 atom stereocenters. The van der Waals surface area contributed by atoms with Crippen molar-refractivity contribution in [3.63, 3.8) is 0 Å². The third-order valence-electron chi connectivity index (χ3n) is 2.43. The Kier molecular flexibility index (Phi) is 2.23. The van der Waals surface area contributed by atoms with Crippen LogP contribution in [-0.2, 0) is 11.2 Å². The number of halogens is 1. The lowest BCUT2D eigenvalue weighted by atomic mass is 10.1. The monoisotopic (exact) mass is 193 g/mol. The molecule has 1 aromatic carbocycles. The second kappa shape index (κ2) is 3.40. The van der Waals surface area contributed by atoms with Crippen LogP contribution in [0.5, 0.6) is 0 Å². The standard InChI is InChI=1S/C11H12FNO/c1-7(14)4-10-6-8-5-9(12)2-3-11(8)13-10/h2-3,5,10,13H,4,6H2,1H3. The van der Waals surface area contributed by atoms with E-state index in [0.29, 0.717) is 6.42 Å². The molecule has 0 aliphatic carbocycles. The number of Topliss-reactive ketones (excluding diaryl/α,β-unsaturated/α-hetero) is 1. The fourth-order valence-corrected chi connectivity index (χ4v) is 1.88. The quantitative estimate of drug-likeness (QED) is 0.779. The van der Waals surface area contributed by atoms with E-state index in [1.165, 1.54) is 12.1 Å². The smallest absolute Gasteiger partial charge is 0.131 e.